The monoisotopic (exact) mass is 510 g/mol. The van der Waals surface area contributed by atoms with Gasteiger partial charge in [-0.25, -0.2) is 18.6 Å². The predicted octanol–water partition coefficient (Wildman–Crippen LogP) is 3.92. The zero-order valence-electron chi connectivity index (χ0n) is 18.6. The lowest BCUT2D eigenvalue weighted by Gasteiger charge is -2.41. The third kappa shape index (κ3) is 4.83. The van der Waals surface area contributed by atoms with Crippen molar-refractivity contribution in [3.8, 4) is 17.4 Å². The van der Waals surface area contributed by atoms with E-state index in [-0.39, 0.29) is 29.8 Å². The van der Waals surface area contributed by atoms with Crippen LogP contribution in [0.15, 0.2) is 41.3 Å². The van der Waals surface area contributed by atoms with Gasteiger partial charge in [-0.2, -0.15) is 18.2 Å². The van der Waals surface area contributed by atoms with E-state index in [0.717, 1.165) is 30.8 Å². The molecule has 1 fully saturated rings. The molecule has 1 atom stereocenters. The van der Waals surface area contributed by atoms with Crippen LogP contribution in [0.5, 0.6) is 17.4 Å². The number of benzene rings is 1. The number of alkyl halides is 3. The van der Waals surface area contributed by atoms with Gasteiger partial charge in [0.2, 0.25) is 5.88 Å². The van der Waals surface area contributed by atoms with Crippen LogP contribution in [0.3, 0.4) is 0 Å². The minimum absolute atomic E-state index is 0.00960. The van der Waals surface area contributed by atoms with Gasteiger partial charge in [0.25, 0.3) is 0 Å². The van der Waals surface area contributed by atoms with Crippen molar-refractivity contribution in [3.63, 3.8) is 0 Å². The Morgan fingerprint density at radius 1 is 1.11 bits per heavy atom. The van der Waals surface area contributed by atoms with Crippen molar-refractivity contribution in [1.82, 2.24) is 14.5 Å². The summed E-state index contributed by atoms with van der Waals surface area (Å²) < 4.78 is 84.7. The molecule has 0 aliphatic carbocycles. The van der Waals surface area contributed by atoms with E-state index in [1.807, 2.05) is 0 Å². The van der Waals surface area contributed by atoms with E-state index in [1.54, 1.807) is 10.6 Å². The molecular formula is C23H19F5N4O4. The van der Waals surface area contributed by atoms with E-state index < -0.39 is 34.9 Å². The number of halogens is 5. The molecule has 36 heavy (non-hydrogen) atoms. The van der Waals surface area contributed by atoms with Crippen molar-refractivity contribution in [1.29, 1.82) is 0 Å². The van der Waals surface area contributed by atoms with Crippen LogP contribution >= 0.6 is 0 Å². The summed E-state index contributed by atoms with van der Waals surface area (Å²) in [5.41, 5.74) is -1.56. The maximum atomic E-state index is 14.6. The molecule has 0 N–H and O–H groups in total. The lowest BCUT2D eigenvalue weighted by Crippen LogP contribution is -2.51. The molecule has 0 saturated carbocycles. The van der Waals surface area contributed by atoms with Crippen molar-refractivity contribution in [2.45, 2.75) is 31.8 Å². The Labute approximate surface area is 200 Å². The van der Waals surface area contributed by atoms with Gasteiger partial charge in [0.15, 0.2) is 17.4 Å². The fourth-order valence-electron chi connectivity index (χ4n) is 4.15. The molecule has 2 aromatic heterocycles. The van der Waals surface area contributed by atoms with Crippen LogP contribution in [0.25, 0.3) is 0 Å². The quantitative estimate of drug-likeness (QED) is 0.482. The highest BCUT2D eigenvalue weighted by molar-refractivity contribution is 5.45. The smallest absolute Gasteiger partial charge is 0.433 e. The molecule has 13 heteroatoms. The second-order valence-electron chi connectivity index (χ2n) is 8.25. The van der Waals surface area contributed by atoms with E-state index in [2.05, 4.69) is 14.9 Å². The molecular weight excluding hydrogens is 491 g/mol. The van der Waals surface area contributed by atoms with E-state index >= 15 is 0 Å². The first-order chi connectivity index (χ1) is 17.2. The third-order valence-electron chi connectivity index (χ3n) is 5.87. The number of hydrogen-bond donors (Lipinski definition) is 0. The first kappa shape index (κ1) is 24.0. The van der Waals surface area contributed by atoms with Gasteiger partial charge in [-0.05, 0) is 36.2 Å². The lowest BCUT2D eigenvalue weighted by atomic mass is 10.1. The second kappa shape index (κ2) is 9.37. The van der Waals surface area contributed by atoms with Gasteiger partial charge in [0.05, 0.1) is 25.5 Å². The molecule has 0 bridgehead atoms. The van der Waals surface area contributed by atoms with E-state index in [4.69, 9.17) is 14.2 Å². The highest BCUT2D eigenvalue weighted by Crippen LogP contribution is 2.32. The summed E-state index contributed by atoms with van der Waals surface area (Å²) in [7, 11) is 0. The highest BCUT2D eigenvalue weighted by atomic mass is 19.4. The predicted molar refractivity (Wildman–Crippen MR) is 115 cm³/mol. The highest BCUT2D eigenvalue weighted by Gasteiger charge is 2.32. The number of pyridine rings is 1. The number of morpholine rings is 1. The van der Waals surface area contributed by atoms with E-state index in [9.17, 15) is 26.7 Å². The van der Waals surface area contributed by atoms with Crippen LogP contribution in [-0.2, 0) is 24.1 Å². The van der Waals surface area contributed by atoms with Gasteiger partial charge in [-0.1, -0.05) is 0 Å². The van der Waals surface area contributed by atoms with Crippen LogP contribution in [0.2, 0.25) is 0 Å². The first-order valence-electron chi connectivity index (χ1n) is 11.0. The molecule has 3 aromatic rings. The summed E-state index contributed by atoms with van der Waals surface area (Å²) in [4.78, 5) is 21.6. The van der Waals surface area contributed by atoms with E-state index in [0.29, 0.717) is 38.2 Å². The minimum Gasteiger partial charge on any atom is -0.473 e. The zero-order chi connectivity index (χ0) is 25.4. The average Bonchev–Trinajstić information content (AvgIpc) is 2.84. The Kier molecular flexibility index (Phi) is 6.24. The molecule has 1 saturated heterocycles. The van der Waals surface area contributed by atoms with E-state index in [1.165, 1.54) is 0 Å². The number of anilines is 1. The van der Waals surface area contributed by atoms with Gasteiger partial charge in [0.1, 0.15) is 23.9 Å². The zero-order valence-corrected chi connectivity index (χ0v) is 18.6. The van der Waals surface area contributed by atoms with Gasteiger partial charge in [-0.3, -0.25) is 4.57 Å². The SMILES string of the molecule is O=c1nc(OCc2cc(F)c(Oc3ccc(C(F)(F)F)nc3)c(F)c2)cc2n1CC[C@@H]1COCCN21. The van der Waals surface area contributed by atoms with Crippen molar-refractivity contribution < 1.29 is 36.2 Å². The Bertz CT molecular complexity index is 1310. The Morgan fingerprint density at radius 2 is 1.89 bits per heavy atom. The molecule has 190 valence electrons. The average molecular weight is 510 g/mol. The third-order valence-corrected chi connectivity index (χ3v) is 5.87. The van der Waals surface area contributed by atoms with Crippen LogP contribution in [-0.4, -0.2) is 40.3 Å². The molecule has 5 rings (SSSR count). The largest absolute Gasteiger partial charge is 0.473 e. The number of hydrogen-bond acceptors (Lipinski definition) is 7. The molecule has 1 aromatic carbocycles. The maximum absolute atomic E-state index is 14.6. The normalized spacial score (nSPS) is 17.4. The summed E-state index contributed by atoms with van der Waals surface area (Å²) in [5.74, 6) is -2.61. The molecule has 0 unspecified atom stereocenters. The topological polar surface area (TPSA) is 78.7 Å². The van der Waals surface area contributed by atoms with Crippen molar-refractivity contribution in [2.24, 2.45) is 0 Å². The van der Waals surface area contributed by atoms with Crippen molar-refractivity contribution >= 4 is 5.82 Å². The fourth-order valence-corrected chi connectivity index (χ4v) is 4.15. The molecule has 2 aliphatic heterocycles. The number of nitrogens with zero attached hydrogens (tertiary/aromatic N) is 4. The van der Waals surface area contributed by atoms with Crippen molar-refractivity contribution in [2.75, 3.05) is 24.7 Å². The molecule has 8 nitrogen and oxygen atoms in total. The standard InChI is InChI=1S/C23H19F5N4O4/c24-16-7-13(8-17(25)21(16)36-15-1-2-18(29-10-15)23(26,27)28)11-35-19-9-20-31-5-6-34-12-14(31)3-4-32(20)22(33)30-19/h1-2,7-10,14H,3-6,11-12H2/t14-/m1/s1. The summed E-state index contributed by atoms with van der Waals surface area (Å²) >= 11 is 0. The van der Waals surface area contributed by atoms with Crippen LogP contribution in [0.4, 0.5) is 27.8 Å². The summed E-state index contributed by atoms with van der Waals surface area (Å²) in [5, 5.41) is 0. The first-order valence-corrected chi connectivity index (χ1v) is 11.0. The second-order valence-corrected chi connectivity index (χ2v) is 8.25. The number of aromatic nitrogens is 3. The molecule has 0 amide bonds. The van der Waals surface area contributed by atoms with Gasteiger partial charge >= 0.3 is 11.9 Å². The molecule has 0 radical (unpaired) electrons. The van der Waals surface area contributed by atoms with Crippen molar-refractivity contribution in [3.05, 3.63) is 69.9 Å². The van der Waals surface area contributed by atoms with Gasteiger partial charge in [0, 0.05) is 19.2 Å². The number of fused-ring (bicyclic) bond motifs is 3. The van der Waals surface area contributed by atoms with Crippen LogP contribution < -0.4 is 20.1 Å². The summed E-state index contributed by atoms with van der Waals surface area (Å²) in [6.07, 6.45) is -3.18. The van der Waals surface area contributed by atoms with Crippen LogP contribution in [0.1, 0.15) is 17.7 Å². The van der Waals surface area contributed by atoms with Crippen LogP contribution in [0, 0.1) is 11.6 Å². The Hall–Kier alpha value is -3.74. The minimum atomic E-state index is -4.65. The number of rotatable bonds is 5. The lowest BCUT2D eigenvalue weighted by molar-refractivity contribution is -0.141. The molecule has 4 heterocycles. The Morgan fingerprint density at radius 3 is 2.58 bits per heavy atom. The summed E-state index contributed by atoms with van der Waals surface area (Å²) in [6.45, 7) is 1.90. The fraction of sp³-hybridized carbons (Fsp3) is 0.348. The maximum Gasteiger partial charge on any atom is 0.433 e. The molecule has 2 aliphatic rings. The van der Waals surface area contributed by atoms with Gasteiger partial charge < -0.3 is 19.1 Å². The summed E-state index contributed by atoms with van der Waals surface area (Å²) in [6, 6.07) is 5.22. The Balaban J connectivity index is 1.30. The molecule has 0 spiro atoms. The van der Waals surface area contributed by atoms with Gasteiger partial charge in [-0.15, -0.1) is 0 Å². The number of ether oxygens (including phenoxy) is 3.